The van der Waals surface area contributed by atoms with Crippen molar-refractivity contribution in [1.29, 1.82) is 0 Å². The van der Waals surface area contributed by atoms with E-state index >= 15 is 0 Å². The van der Waals surface area contributed by atoms with Crippen LogP contribution in [0.15, 0.2) is 164 Å². The van der Waals surface area contributed by atoms with E-state index in [4.69, 9.17) is 0 Å². The summed E-state index contributed by atoms with van der Waals surface area (Å²) in [5, 5.41) is 8.18. The Morgan fingerprint density at radius 3 is 1.26 bits per heavy atom. The fraction of sp³-hybridized carbons (Fsp3) is 0.115. The number of fused-ring (bicyclic) bond motifs is 4. The molecule has 0 amide bonds. The molecule has 9 rings (SSSR count). The van der Waals surface area contributed by atoms with Gasteiger partial charge in [-0.3, -0.25) is 0 Å². The van der Waals surface area contributed by atoms with E-state index in [-0.39, 0.29) is 0 Å². The zero-order chi connectivity index (χ0) is 37.2. The van der Waals surface area contributed by atoms with E-state index in [1.165, 1.54) is 98.7 Å². The minimum Gasteiger partial charge on any atom is -0.0656 e. The monoisotopic (exact) mass is 726 g/mol. The Morgan fingerprint density at radius 1 is 0.370 bits per heavy atom. The van der Waals surface area contributed by atoms with Gasteiger partial charge in [0.2, 0.25) is 0 Å². The van der Waals surface area contributed by atoms with Gasteiger partial charge >= 0.3 is 0 Å². The summed E-state index contributed by atoms with van der Waals surface area (Å²) in [7, 11) is -2.88. The molecule has 0 aromatic heterocycles. The molecule has 0 saturated carbocycles. The smallest absolute Gasteiger partial charge is 0.0656 e. The topological polar surface area (TPSA) is 0 Å². The second-order valence-electron chi connectivity index (χ2n) is 16.9. The molecule has 0 spiro atoms. The van der Waals surface area contributed by atoms with E-state index in [0.717, 1.165) is 0 Å². The second kappa shape index (κ2) is 13.1. The quantitative estimate of drug-likeness (QED) is 0.113. The summed E-state index contributed by atoms with van der Waals surface area (Å²) in [6.45, 7) is 14.5. The Bertz CT molecular complexity index is 2570. The van der Waals surface area contributed by atoms with E-state index in [9.17, 15) is 0 Å². The molecule has 0 N–H and O–H groups in total. The van der Waals surface area contributed by atoms with Gasteiger partial charge in [0.15, 0.2) is 0 Å². The van der Waals surface area contributed by atoms with Gasteiger partial charge in [0.25, 0.3) is 0 Å². The van der Waals surface area contributed by atoms with Gasteiger partial charge in [-0.2, -0.15) is 0 Å². The van der Waals surface area contributed by atoms with Crippen molar-refractivity contribution in [2.24, 2.45) is 0 Å². The van der Waals surface area contributed by atoms with Crippen LogP contribution in [0.2, 0.25) is 39.3 Å². The van der Waals surface area contributed by atoms with Crippen molar-refractivity contribution >= 4 is 59.7 Å². The van der Waals surface area contributed by atoms with Crippen molar-refractivity contribution in [3.05, 3.63) is 180 Å². The molecule has 0 heterocycles. The molecule has 262 valence electrons. The molecule has 0 saturated heterocycles. The Balaban J connectivity index is 1.33. The Morgan fingerprint density at radius 2 is 0.796 bits per heavy atom. The van der Waals surface area contributed by atoms with E-state index in [0.29, 0.717) is 0 Å². The predicted octanol–water partition coefficient (Wildman–Crippen LogP) is 13.7. The summed E-state index contributed by atoms with van der Waals surface area (Å²) in [6, 6.07) is 61.6. The van der Waals surface area contributed by atoms with Crippen molar-refractivity contribution in [3.63, 3.8) is 0 Å². The predicted molar refractivity (Wildman–Crippen MR) is 243 cm³/mol. The first-order valence-corrected chi connectivity index (χ1v) is 26.3. The van der Waals surface area contributed by atoms with Gasteiger partial charge in [-0.05, 0) is 94.4 Å². The number of hydrogen-bond donors (Lipinski definition) is 0. The molecule has 54 heavy (non-hydrogen) atoms. The minimum atomic E-state index is -1.44. The normalized spacial score (nSPS) is 12.3. The molecule has 0 nitrogen and oxygen atoms in total. The zero-order valence-electron chi connectivity index (χ0n) is 32.2. The molecule has 0 atom stereocenters. The van der Waals surface area contributed by atoms with Gasteiger partial charge in [-0.25, -0.2) is 0 Å². The maximum atomic E-state index is 2.45. The number of hydrogen-bond acceptors (Lipinski definition) is 0. The molecule has 2 heteroatoms. The van der Waals surface area contributed by atoms with E-state index in [2.05, 4.69) is 209 Å². The third-order valence-corrected chi connectivity index (χ3v) is 15.5. The summed E-state index contributed by atoms with van der Waals surface area (Å²) in [4.78, 5) is 0. The number of rotatable bonds is 7. The maximum Gasteiger partial charge on any atom is 0.0775 e. The van der Waals surface area contributed by atoms with Gasteiger partial charge in [0.1, 0.15) is 0 Å². The lowest BCUT2D eigenvalue weighted by molar-refractivity contribution is 1.56. The lowest BCUT2D eigenvalue weighted by Crippen LogP contribution is -2.37. The highest BCUT2D eigenvalue weighted by Crippen LogP contribution is 2.58. The van der Waals surface area contributed by atoms with Crippen LogP contribution in [0, 0.1) is 0 Å². The Hall–Kier alpha value is -5.55. The van der Waals surface area contributed by atoms with Crippen molar-refractivity contribution in [2.45, 2.75) is 39.3 Å². The molecule has 0 fully saturated rings. The van der Waals surface area contributed by atoms with Gasteiger partial charge in [0, 0.05) is 0 Å². The van der Waals surface area contributed by atoms with Crippen molar-refractivity contribution in [1.82, 2.24) is 0 Å². The van der Waals surface area contributed by atoms with Crippen LogP contribution in [0.3, 0.4) is 0 Å². The minimum absolute atomic E-state index is 1.24. The number of benzene rings is 8. The van der Waals surface area contributed by atoms with Gasteiger partial charge in [-0.15, -0.1) is 0 Å². The van der Waals surface area contributed by atoms with Crippen molar-refractivity contribution in [2.75, 3.05) is 0 Å². The molecule has 0 radical (unpaired) electrons. The molecular formula is C52H46Si2. The first-order chi connectivity index (χ1) is 26.1. The average Bonchev–Trinajstić information content (AvgIpc) is 3.51. The highest BCUT2D eigenvalue weighted by atomic mass is 28.3. The van der Waals surface area contributed by atoms with Crippen molar-refractivity contribution < 1.29 is 0 Å². The van der Waals surface area contributed by atoms with Gasteiger partial charge in [-0.1, -0.05) is 213 Å². The summed E-state index contributed by atoms with van der Waals surface area (Å²) in [6.07, 6.45) is 2.45. The zero-order valence-corrected chi connectivity index (χ0v) is 34.2. The Kier molecular flexibility index (Phi) is 8.30. The third-order valence-electron chi connectivity index (χ3n) is 11.4. The molecule has 0 bridgehead atoms. The maximum absolute atomic E-state index is 2.45. The Labute approximate surface area is 322 Å². The van der Waals surface area contributed by atoms with Crippen LogP contribution < -0.4 is 10.4 Å². The fourth-order valence-corrected chi connectivity index (χ4v) is 10.9. The largest absolute Gasteiger partial charge is 0.0775 e. The van der Waals surface area contributed by atoms with Crippen LogP contribution in [-0.4, -0.2) is 16.1 Å². The highest BCUT2D eigenvalue weighted by molar-refractivity contribution is 6.89. The molecule has 0 unspecified atom stereocenters. The molecule has 1 aliphatic rings. The summed E-state index contributed by atoms with van der Waals surface area (Å²) >= 11 is 0. The van der Waals surface area contributed by atoms with E-state index in [1.54, 1.807) is 0 Å². The molecule has 8 aromatic rings. The van der Waals surface area contributed by atoms with Crippen molar-refractivity contribution in [3.8, 4) is 44.5 Å². The molecule has 1 aliphatic carbocycles. The lowest BCUT2D eigenvalue weighted by atomic mass is 9.82. The van der Waals surface area contributed by atoms with Crippen LogP contribution in [0.4, 0.5) is 0 Å². The molecular weight excluding hydrogens is 681 g/mol. The van der Waals surface area contributed by atoms with Crippen LogP contribution in [0.1, 0.15) is 16.7 Å². The van der Waals surface area contributed by atoms with E-state index in [1.807, 2.05) is 0 Å². The highest BCUT2D eigenvalue weighted by Gasteiger charge is 2.31. The molecule has 0 aliphatic heterocycles. The second-order valence-corrected chi connectivity index (χ2v) is 27.1. The van der Waals surface area contributed by atoms with Crippen LogP contribution in [0.25, 0.3) is 77.7 Å². The van der Waals surface area contributed by atoms with E-state index < -0.39 is 16.1 Å². The average molecular weight is 727 g/mol. The standard InChI is InChI=1S/C52H46Si2/c1-53(2,3)40-29-24-35(25-30-40)47(36-26-31-41(32-27-36)54(4,5)6)34-39-28-33-46-50-42(39)22-15-23-45(50)51-48(37-16-9-7-10-17-37)43-20-13-14-21-44(43)49(52(46)51)38-18-11-8-12-19-38/h7-34H,1-6H3. The van der Waals surface area contributed by atoms with Gasteiger partial charge in [0.05, 0.1) is 16.1 Å². The first-order valence-electron chi connectivity index (χ1n) is 19.3. The summed E-state index contributed by atoms with van der Waals surface area (Å²) < 4.78 is 0. The SMILES string of the molecule is C[Si](C)(C)c1ccc(C(=Cc2ccc3c4c(cccc24)-c2c-3c(-c3ccccc3)c3ccccc3c2-c2ccccc2)c2ccc([Si](C)(C)C)cc2)cc1. The van der Waals surface area contributed by atoms with Gasteiger partial charge < -0.3 is 0 Å². The summed E-state index contributed by atoms with van der Waals surface area (Å²) in [5.74, 6) is 0. The molecule has 8 aromatic carbocycles. The van der Waals surface area contributed by atoms with Crippen LogP contribution in [0.5, 0.6) is 0 Å². The third kappa shape index (κ3) is 5.82. The first kappa shape index (κ1) is 34.2. The fourth-order valence-electron chi connectivity index (χ4n) is 8.55. The summed E-state index contributed by atoms with van der Waals surface area (Å²) in [5.41, 5.74) is 15.5. The lowest BCUT2D eigenvalue weighted by Gasteiger charge is -2.20. The van der Waals surface area contributed by atoms with Crippen LogP contribution >= 0.6 is 0 Å². The van der Waals surface area contributed by atoms with Crippen LogP contribution in [-0.2, 0) is 0 Å².